The average Bonchev–Trinajstić information content (AvgIpc) is 3.17. The van der Waals surface area contributed by atoms with Crippen molar-refractivity contribution in [1.82, 2.24) is 23.9 Å². The van der Waals surface area contributed by atoms with Crippen molar-refractivity contribution in [2.45, 2.75) is 56.0 Å². The number of hydrogen-bond acceptors (Lipinski definition) is 7. The molecule has 3 aliphatic rings. The quantitative estimate of drug-likeness (QED) is 0.441. The summed E-state index contributed by atoms with van der Waals surface area (Å²) in [4.78, 5) is 13.0. The van der Waals surface area contributed by atoms with Gasteiger partial charge >= 0.3 is 0 Å². The van der Waals surface area contributed by atoms with Crippen LogP contribution in [0.1, 0.15) is 55.0 Å². The molecule has 4 aromatic heterocycles. The second-order valence-electron chi connectivity index (χ2n) is 9.94. The van der Waals surface area contributed by atoms with Crippen LogP contribution in [0, 0.1) is 5.41 Å². The number of aliphatic hydroxyl groups is 2. The third kappa shape index (κ3) is 2.79. The Morgan fingerprint density at radius 2 is 1.97 bits per heavy atom. The van der Waals surface area contributed by atoms with Gasteiger partial charge in [-0.2, -0.15) is 0 Å². The highest BCUT2D eigenvalue weighted by atomic mass is 16.5. The van der Waals surface area contributed by atoms with Gasteiger partial charge in [-0.1, -0.05) is 0 Å². The van der Waals surface area contributed by atoms with Gasteiger partial charge in [-0.3, -0.25) is 0 Å². The highest BCUT2D eigenvalue weighted by Crippen LogP contribution is 2.55. The highest BCUT2D eigenvalue weighted by molar-refractivity contribution is 5.86. The number of rotatable bonds is 3. The van der Waals surface area contributed by atoms with Gasteiger partial charge in [0, 0.05) is 35.6 Å². The molecule has 0 amide bonds. The fraction of sp³-hybridized carbons (Fsp3) is 0.458. The van der Waals surface area contributed by atoms with Crippen molar-refractivity contribution in [3.05, 3.63) is 54.4 Å². The van der Waals surface area contributed by atoms with Crippen molar-refractivity contribution in [1.29, 1.82) is 0 Å². The van der Waals surface area contributed by atoms with Crippen molar-refractivity contribution in [3.8, 4) is 0 Å². The number of fused-ring (bicyclic) bond motifs is 2. The largest absolute Gasteiger partial charge is 0.390 e. The summed E-state index contributed by atoms with van der Waals surface area (Å²) in [6.45, 7) is 0.398. The van der Waals surface area contributed by atoms with Gasteiger partial charge in [-0.15, -0.1) is 0 Å². The Morgan fingerprint density at radius 3 is 2.82 bits per heavy atom. The van der Waals surface area contributed by atoms with E-state index in [9.17, 15) is 10.2 Å². The first kappa shape index (κ1) is 19.5. The highest BCUT2D eigenvalue weighted by Gasteiger charge is 2.57. The second-order valence-corrected chi connectivity index (χ2v) is 9.94. The Morgan fingerprint density at radius 1 is 1.09 bits per heavy atom. The SMILES string of the molecule is Nc1ncnc2c1ccn2C1CC2(COC(c3ccn4c(C5CC5)cnc4c3)C2)C(O)C1O. The summed E-state index contributed by atoms with van der Waals surface area (Å²) in [6.07, 6.45) is 9.11. The van der Waals surface area contributed by atoms with Crippen LogP contribution in [0.4, 0.5) is 5.82 Å². The molecule has 7 rings (SSSR count). The van der Waals surface area contributed by atoms with Gasteiger partial charge in [0.05, 0.1) is 30.2 Å². The first-order valence-electron chi connectivity index (χ1n) is 11.6. The smallest absolute Gasteiger partial charge is 0.145 e. The molecule has 2 aliphatic carbocycles. The van der Waals surface area contributed by atoms with Crippen LogP contribution in [-0.4, -0.2) is 52.9 Å². The summed E-state index contributed by atoms with van der Waals surface area (Å²) >= 11 is 0. The van der Waals surface area contributed by atoms with E-state index in [1.165, 1.54) is 24.9 Å². The minimum absolute atomic E-state index is 0.143. The number of aliphatic hydroxyl groups excluding tert-OH is 2. The predicted octanol–water partition coefficient (Wildman–Crippen LogP) is 2.35. The van der Waals surface area contributed by atoms with Gasteiger partial charge < -0.3 is 29.7 Å². The molecule has 2 saturated carbocycles. The molecule has 5 unspecified atom stereocenters. The number of nitrogens with zero attached hydrogens (tertiary/aromatic N) is 5. The minimum atomic E-state index is -0.921. The van der Waals surface area contributed by atoms with Crippen LogP contribution in [0.25, 0.3) is 16.7 Å². The molecule has 9 nitrogen and oxygen atoms in total. The fourth-order valence-corrected chi connectivity index (χ4v) is 5.97. The summed E-state index contributed by atoms with van der Waals surface area (Å²) in [7, 11) is 0. The van der Waals surface area contributed by atoms with Crippen molar-refractivity contribution >= 4 is 22.5 Å². The van der Waals surface area contributed by atoms with Crippen molar-refractivity contribution in [2.24, 2.45) is 5.41 Å². The summed E-state index contributed by atoms with van der Waals surface area (Å²) in [5, 5.41) is 22.9. The molecule has 1 aliphatic heterocycles. The zero-order valence-electron chi connectivity index (χ0n) is 18.1. The Hall–Kier alpha value is -3.01. The summed E-state index contributed by atoms with van der Waals surface area (Å²) in [5.74, 6) is 1.04. The number of ether oxygens (including phenoxy) is 1. The molecule has 4 aromatic rings. The molecule has 3 fully saturated rings. The van der Waals surface area contributed by atoms with Crippen molar-refractivity contribution in [3.63, 3.8) is 0 Å². The normalized spacial score (nSPS) is 31.9. The molecule has 1 spiro atoms. The van der Waals surface area contributed by atoms with Crippen molar-refractivity contribution < 1.29 is 14.9 Å². The number of pyridine rings is 1. The topological polar surface area (TPSA) is 124 Å². The van der Waals surface area contributed by atoms with Gasteiger partial charge in [0.1, 0.15) is 29.5 Å². The van der Waals surface area contributed by atoms with E-state index in [1.54, 1.807) is 0 Å². The number of hydrogen-bond donors (Lipinski definition) is 3. The molecule has 4 N–H and O–H groups in total. The molecule has 0 bridgehead atoms. The number of aromatic nitrogens is 5. The second kappa shape index (κ2) is 6.75. The number of anilines is 1. The lowest BCUT2D eigenvalue weighted by atomic mass is 9.80. The summed E-state index contributed by atoms with van der Waals surface area (Å²) in [5.41, 5.74) is 9.40. The molecular weight excluding hydrogens is 420 g/mol. The first-order valence-corrected chi connectivity index (χ1v) is 11.6. The van der Waals surface area contributed by atoms with Gasteiger partial charge in [-0.25, -0.2) is 15.0 Å². The maximum atomic E-state index is 11.1. The Kier molecular flexibility index (Phi) is 3.98. The molecule has 170 valence electrons. The maximum Gasteiger partial charge on any atom is 0.145 e. The van der Waals surface area contributed by atoms with E-state index in [0.717, 1.165) is 16.6 Å². The third-order valence-electron chi connectivity index (χ3n) is 7.96. The fourth-order valence-electron chi connectivity index (χ4n) is 5.97. The minimum Gasteiger partial charge on any atom is -0.390 e. The third-order valence-corrected chi connectivity index (χ3v) is 7.96. The predicted molar refractivity (Wildman–Crippen MR) is 121 cm³/mol. The number of nitrogen functional groups attached to an aromatic ring is 1. The number of imidazole rings is 1. The zero-order valence-corrected chi connectivity index (χ0v) is 18.1. The van der Waals surface area contributed by atoms with E-state index in [2.05, 4.69) is 37.7 Å². The first-order chi connectivity index (χ1) is 16.0. The van der Waals surface area contributed by atoms with Crippen LogP contribution < -0.4 is 5.73 Å². The van der Waals surface area contributed by atoms with E-state index in [-0.39, 0.29) is 12.1 Å². The van der Waals surface area contributed by atoms with E-state index in [1.807, 2.05) is 23.0 Å². The molecule has 0 aromatic carbocycles. The van der Waals surface area contributed by atoms with Crippen LogP contribution in [0.15, 0.2) is 43.1 Å². The monoisotopic (exact) mass is 446 g/mol. The van der Waals surface area contributed by atoms with Crippen LogP contribution in [0.3, 0.4) is 0 Å². The van der Waals surface area contributed by atoms with Crippen LogP contribution >= 0.6 is 0 Å². The molecule has 0 radical (unpaired) electrons. The van der Waals surface area contributed by atoms with Gasteiger partial charge in [0.15, 0.2) is 0 Å². The molecule has 33 heavy (non-hydrogen) atoms. The summed E-state index contributed by atoms with van der Waals surface area (Å²) in [6, 6.07) is 5.73. The molecule has 5 atom stereocenters. The van der Waals surface area contributed by atoms with Crippen molar-refractivity contribution in [2.75, 3.05) is 12.3 Å². The Bertz CT molecular complexity index is 1380. The van der Waals surface area contributed by atoms with Crippen LogP contribution in [-0.2, 0) is 4.74 Å². The van der Waals surface area contributed by atoms with Crippen LogP contribution in [0.5, 0.6) is 0 Å². The average molecular weight is 447 g/mol. The maximum absolute atomic E-state index is 11.1. The molecular formula is C24H26N6O3. The van der Waals surface area contributed by atoms with E-state index in [4.69, 9.17) is 10.5 Å². The van der Waals surface area contributed by atoms with E-state index < -0.39 is 17.6 Å². The van der Waals surface area contributed by atoms with Gasteiger partial charge in [0.25, 0.3) is 0 Å². The van der Waals surface area contributed by atoms with E-state index in [0.29, 0.717) is 36.8 Å². The molecule has 5 heterocycles. The lowest BCUT2D eigenvalue weighted by Gasteiger charge is -2.26. The Balaban J connectivity index is 1.18. The van der Waals surface area contributed by atoms with E-state index >= 15 is 0 Å². The van der Waals surface area contributed by atoms with Crippen LogP contribution in [0.2, 0.25) is 0 Å². The van der Waals surface area contributed by atoms with Gasteiger partial charge in [0.2, 0.25) is 0 Å². The Labute approximate surface area is 189 Å². The lowest BCUT2D eigenvalue weighted by molar-refractivity contribution is -0.0309. The zero-order chi connectivity index (χ0) is 22.3. The summed E-state index contributed by atoms with van der Waals surface area (Å²) < 4.78 is 10.3. The number of nitrogens with two attached hydrogens (primary N) is 1. The van der Waals surface area contributed by atoms with Gasteiger partial charge in [-0.05, 0) is 49.4 Å². The standard InChI is InChI=1S/C24H26N6O3/c25-22-15-4-6-30(23(15)28-12-27-22)16-8-24(21(32)20(16)31)9-18(33-11-24)14-3-5-29-17(13-1-2-13)10-26-19(29)7-14/h3-7,10,12-13,16,18,20-21,31-32H,1-2,8-9,11H2,(H2,25,27,28). The molecule has 1 saturated heterocycles. The lowest BCUT2D eigenvalue weighted by Crippen LogP contribution is -2.37. The molecule has 9 heteroatoms.